The molecule has 1 heterocycles. The number of para-hydroxylation sites is 1. The first-order valence-corrected chi connectivity index (χ1v) is 9.92. The monoisotopic (exact) mass is 395 g/mol. The molecule has 0 spiro atoms. The van der Waals surface area contributed by atoms with Crippen LogP contribution in [0.25, 0.3) is 0 Å². The van der Waals surface area contributed by atoms with Gasteiger partial charge in [0.1, 0.15) is 6.04 Å². The third-order valence-electron chi connectivity index (χ3n) is 5.31. The molecule has 2 amide bonds. The van der Waals surface area contributed by atoms with Crippen molar-refractivity contribution in [2.45, 2.75) is 18.9 Å². The van der Waals surface area contributed by atoms with E-state index in [9.17, 15) is 9.59 Å². The molecular weight excluding hydrogens is 374 g/mol. The van der Waals surface area contributed by atoms with E-state index >= 15 is 0 Å². The number of nitrogens with one attached hydrogen (secondary N) is 1. The molecule has 5 nitrogen and oxygen atoms in total. The number of hydrogen-bond donors (Lipinski definition) is 1. The zero-order valence-corrected chi connectivity index (χ0v) is 16.4. The van der Waals surface area contributed by atoms with Gasteiger partial charge in [-0.3, -0.25) is 9.59 Å². The van der Waals surface area contributed by atoms with Crippen LogP contribution in [-0.2, 0) is 11.2 Å². The highest BCUT2D eigenvalue weighted by molar-refractivity contribution is 6.03. The fourth-order valence-electron chi connectivity index (χ4n) is 3.76. The predicted molar refractivity (Wildman–Crippen MR) is 115 cm³/mol. The molecule has 0 aromatic heterocycles. The molecule has 1 unspecified atom stereocenters. The van der Waals surface area contributed by atoms with E-state index in [1.807, 2.05) is 60.7 Å². The Balaban J connectivity index is 1.65. The summed E-state index contributed by atoms with van der Waals surface area (Å²) in [7, 11) is 0. The Kier molecular flexibility index (Phi) is 5.58. The summed E-state index contributed by atoms with van der Waals surface area (Å²) >= 11 is 0. The maximum Gasteiger partial charge on any atom is 0.254 e. The highest BCUT2D eigenvalue weighted by Crippen LogP contribution is 2.29. The van der Waals surface area contributed by atoms with Gasteiger partial charge in [-0.1, -0.05) is 48.5 Å². The summed E-state index contributed by atoms with van der Waals surface area (Å²) in [5, 5.41) is 11.9. The van der Waals surface area contributed by atoms with E-state index in [0.717, 1.165) is 29.7 Å². The van der Waals surface area contributed by atoms with Crippen LogP contribution >= 0.6 is 0 Å². The first kappa shape index (κ1) is 19.4. The zero-order chi connectivity index (χ0) is 20.9. The lowest BCUT2D eigenvalue weighted by molar-refractivity contribution is -0.120. The van der Waals surface area contributed by atoms with Crippen molar-refractivity contribution >= 4 is 17.5 Å². The van der Waals surface area contributed by atoms with Crippen molar-refractivity contribution in [2.75, 3.05) is 11.4 Å². The second-order valence-corrected chi connectivity index (χ2v) is 7.23. The van der Waals surface area contributed by atoms with Gasteiger partial charge in [-0.25, -0.2) is 0 Å². The average molecular weight is 395 g/mol. The molecule has 0 fully saturated rings. The molecule has 3 aromatic carbocycles. The van der Waals surface area contributed by atoms with Gasteiger partial charge < -0.3 is 10.2 Å². The minimum absolute atomic E-state index is 0.157. The fraction of sp³-hybridized carbons (Fsp3) is 0.160. The molecule has 1 aliphatic heterocycles. The minimum atomic E-state index is -0.805. The largest absolute Gasteiger partial charge is 0.336 e. The molecule has 1 aliphatic rings. The highest BCUT2D eigenvalue weighted by atomic mass is 16.2. The topological polar surface area (TPSA) is 73.2 Å². The van der Waals surface area contributed by atoms with Crippen LogP contribution in [0.3, 0.4) is 0 Å². The molecular formula is C25H21N3O2. The second-order valence-electron chi connectivity index (χ2n) is 7.23. The Morgan fingerprint density at radius 1 is 0.933 bits per heavy atom. The van der Waals surface area contributed by atoms with E-state index in [4.69, 9.17) is 5.26 Å². The lowest BCUT2D eigenvalue weighted by Crippen LogP contribution is -2.45. The molecule has 0 radical (unpaired) electrons. The van der Waals surface area contributed by atoms with Crippen LogP contribution in [0.1, 0.15) is 39.5 Å². The highest BCUT2D eigenvalue weighted by Gasteiger charge is 2.31. The average Bonchev–Trinajstić information content (AvgIpc) is 2.82. The van der Waals surface area contributed by atoms with Crippen LogP contribution in [0, 0.1) is 11.3 Å². The summed E-state index contributed by atoms with van der Waals surface area (Å²) in [5.41, 5.74) is 3.66. The summed E-state index contributed by atoms with van der Waals surface area (Å²) in [6, 6.07) is 24.8. The molecule has 0 bridgehead atoms. The molecule has 0 saturated carbocycles. The van der Waals surface area contributed by atoms with Crippen molar-refractivity contribution in [3.8, 4) is 6.07 Å². The normalized spacial score (nSPS) is 13.6. The van der Waals surface area contributed by atoms with Gasteiger partial charge in [-0.05, 0) is 54.3 Å². The SMILES string of the molecule is N#Cc1ccc(C(=O)NC(C(=O)N2CCCc3ccccc32)c2ccccc2)cc1. The lowest BCUT2D eigenvalue weighted by atomic mass is 9.99. The third-order valence-corrected chi connectivity index (χ3v) is 5.31. The number of carbonyl (C=O) groups is 2. The van der Waals surface area contributed by atoms with Crippen LogP contribution in [0.15, 0.2) is 78.9 Å². The number of benzene rings is 3. The van der Waals surface area contributed by atoms with Crippen molar-refractivity contribution in [3.05, 3.63) is 101 Å². The number of carbonyl (C=O) groups excluding carboxylic acids is 2. The number of fused-ring (bicyclic) bond motifs is 1. The molecule has 30 heavy (non-hydrogen) atoms. The number of anilines is 1. The molecule has 0 aliphatic carbocycles. The maximum atomic E-state index is 13.6. The van der Waals surface area contributed by atoms with Crippen molar-refractivity contribution in [3.63, 3.8) is 0 Å². The Morgan fingerprint density at radius 2 is 1.63 bits per heavy atom. The van der Waals surface area contributed by atoms with E-state index < -0.39 is 6.04 Å². The molecule has 148 valence electrons. The summed E-state index contributed by atoms with van der Waals surface area (Å²) in [6.07, 6.45) is 1.82. The fourth-order valence-corrected chi connectivity index (χ4v) is 3.76. The molecule has 4 rings (SSSR count). The van der Waals surface area contributed by atoms with E-state index in [-0.39, 0.29) is 11.8 Å². The smallest absolute Gasteiger partial charge is 0.254 e. The van der Waals surface area contributed by atoms with Crippen molar-refractivity contribution < 1.29 is 9.59 Å². The molecule has 1 atom stereocenters. The van der Waals surface area contributed by atoms with Crippen LogP contribution in [0.5, 0.6) is 0 Å². The lowest BCUT2D eigenvalue weighted by Gasteiger charge is -2.32. The Bertz CT molecular complexity index is 1100. The van der Waals surface area contributed by atoms with Gasteiger partial charge in [-0.2, -0.15) is 5.26 Å². The van der Waals surface area contributed by atoms with Gasteiger partial charge in [0.2, 0.25) is 0 Å². The van der Waals surface area contributed by atoms with E-state index in [1.54, 1.807) is 29.2 Å². The third kappa shape index (κ3) is 3.94. The number of nitrogens with zero attached hydrogens (tertiary/aromatic N) is 2. The summed E-state index contributed by atoms with van der Waals surface area (Å²) in [6.45, 7) is 0.617. The predicted octanol–water partition coefficient (Wildman–Crippen LogP) is 4.01. The van der Waals surface area contributed by atoms with E-state index in [1.165, 1.54) is 0 Å². The van der Waals surface area contributed by atoms with Crippen LogP contribution in [-0.4, -0.2) is 18.4 Å². The Morgan fingerprint density at radius 3 is 2.37 bits per heavy atom. The van der Waals surface area contributed by atoms with E-state index in [0.29, 0.717) is 17.7 Å². The zero-order valence-electron chi connectivity index (χ0n) is 16.4. The minimum Gasteiger partial charge on any atom is -0.336 e. The number of hydrogen-bond acceptors (Lipinski definition) is 3. The first-order chi connectivity index (χ1) is 14.7. The molecule has 0 saturated heterocycles. The Labute approximate surface area is 175 Å². The summed E-state index contributed by atoms with van der Waals surface area (Å²) < 4.78 is 0. The van der Waals surface area contributed by atoms with Crippen molar-refractivity contribution in [1.29, 1.82) is 5.26 Å². The van der Waals surface area contributed by atoms with Crippen molar-refractivity contribution in [1.82, 2.24) is 5.32 Å². The molecule has 3 aromatic rings. The maximum absolute atomic E-state index is 13.6. The van der Waals surface area contributed by atoms with Crippen LogP contribution in [0.2, 0.25) is 0 Å². The van der Waals surface area contributed by atoms with Gasteiger partial charge >= 0.3 is 0 Å². The van der Waals surface area contributed by atoms with E-state index in [2.05, 4.69) is 5.32 Å². The Hall–Kier alpha value is -3.91. The summed E-state index contributed by atoms with van der Waals surface area (Å²) in [5.74, 6) is -0.512. The molecule has 5 heteroatoms. The van der Waals surface area contributed by atoms with Gasteiger partial charge in [0, 0.05) is 17.8 Å². The number of rotatable bonds is 4. The van der Waals surface area contributed by atoms with Crippen LogP contribution in [0.4, 0.5) is 5.69 Å². The standard InChI is InChI=1S/C25H21N3O2/c26-17-18-12-14-21(15-13-18)24(29)27-23(20-8-2-1-3-9-20)25(30)28-16-6-10-19-7-4-5-11-22(19)28/h1-5,7-9,11-15,23H,6,10,16H2,(H,27,29). The molecule has 1 N–H and O–H groups in total. The van der Waals surface area contributed by atoms with Gasteiger partial charge in [0.05, 0.1) is 11.6 Å². The number of amides is 2. The quantitative estimate of drug-likeness (QED) is 0.725. The van der Waals surface area contributed by atoms with Crippen LogP contribution < -0.4 is 10.2 Å². The van der Waals surface area contributed by atoms with Gasteiger partial charge in [-0.15, -0.1) is 0 Å². The van der Waals surface area contributed by atoms with Gasteiger partial charge in [0.15, 0.2) is 0 Å². The van der Waals surface area contributed by atoms with Gasteiger partial charge in [0.25, 0.3) is 11.8 Å². The first-order valence-electron chi connectivity index (χ1n) is 9.92. The number of aryl methyl sites for hydroxylation is 1. The number of nitriles is 1. The van der Waals surface area contributed by atoms with Crippen molar-refractivity contribution in [2.24, 2.45) is 0 Å². The second kappa shape index (κ2) is 8.62. The summed E-state index contributed by atoms with van der Waals surface area (Å²) in [4.78, 5) is 28.3.